The van der Waals surface area contributed by atoms with Crippen LogP contribution in [0.3, 0.4) is 0 Å². The lowest BCUT2D eigenvalue weighted by atomic mass is 9.87. The van der Waals surface area contributed by atoms with Crippen LogP contribution >= 0.6 is 0 Å². The average molecular weight is 652 g/mol. The molecule has 47 heavy (non-hydrogen) atoms. The summed E-state index contributed by atoms with van der Waals surface area (Å²) in [5, 5.41) is 3.34. The first kappa shape index (κ1) is 39.5. The lowest BCUT2D eigenvalue weighted by Crippen LogP contribution is -2.09. The molecule has 0 amide bonds. The summed E-state index contributed by atoms with van der Waals surface area (Å²) in [5.74, 6) is 3.45. The zero-order chi connectivity index (χ0) is 35.6. The largest absolute Gasteiger partial charge is 0.497 e. The second-order valence-corrected chi connectivity index (χ2v) is 13.6. The van der Waals surface area contributed by atoms with E-state index in [1.165, 1.54) is 22.8 Å². The van der Waals surface area contributed by atoms with Gasteiger partial charge in [-0.3, -0.25) is 0 Å². The van der Waals surface area contributed by atoms with Gasteiger partial charge in [0, 0.05) is 5.69 Å². The van der Waals surface area contributed by atoms with E-state index < -0.39 is 11.7 Å². The van der Waals surface area contributed by atoms with Crippen LogP contribution in [0, 0.1) is 11.8 Å². The quantitative estimate of drug-likeness (QED) is 0.209. The van der Waals surface area contributed by atoms with E-state index in [4.69, 9.17) is 9.47 Å². The fourth-order valence-corrected chi connectivity index (χ4v) is 4.91. The van der Waals surface area contributed by atoms with Gasteiger partial charge >= 0.3 is 6.18 Å². The Morgan fingerprint density at radius 2 is 1.26 bits per heavy atom. The number of benzene rings is 3. The highest BCUT2D eigenvalue weighted by Crippen LogP contribution is 2.42. The Hall–Kier alpha value is -3.67. The third kappa shape index (κ3) is 11.5. The molecule has 3 rings (SSSR count). The van der Waals surface area contributed by atoms with E-state index in [2.05, 4.69) is 113 Å². The molecule has 258 valence electrons. The molecule has 0 bridgehead atoms. The van der Waals surface area contributed by atoms with Gasteiger partial charge in [0.05, 0.1) is 18.4 Å². The van der Waals surface area contributed by atoms with Crippen LogP contribution in [0.15, 0.2) is 77.9 Å². The van der Waals surface area contributed by atoms with Crippen molar-refractivity contribution in [3.8, 4) is 17.2 Å². The van der Waals surface area contributed by atoms with E-state index in [9.17, 15) is 13.2 Å². The highest BCUT2D eigenvalue weighted by atomic mass is 19.4. The molecule has 1 N–H and O–H groups in total. The number of methoxy groups -OCH3 is 1. The highest BCUT2D eigenvalue weighted by molar-refractivity contribution is 5.74. The highest BCUT2D eigenvalue weighted by Gasteiger charge is 2.31. The number of hydrogen-bond acceptors (Lipinski definition) is 3. The molecule has 0 aliphatic rings. The maximum Gasteiger partial charge on any atom is 0.416 e. The molecule has 0 radical (unpaired) electrons. The number of hydrogen-bond donors (Lipinski definition) is 1. The van der Waals surface area contributed by atoms with Crippen molar-refractivity contribution in [2.45, 2.75) is 107 Å². The molecule has 3 aromatic rings. The summed E-state index contributed by atoms with van der Waals surface area (Å²) in [4.78, 5) is 0. The maximum atomic E-state index is 13.6. The topological polar surface area (TPSA) is 30.5 Å². The van der Waals surface area contributed by atoms with Gasteiger partial charge in [0.2, 0.25) is 0 Å². The summed E-state index contributed by atoms with van der Waals surface area (Å²) in [5.41, 5.74) is 6.60. The van der Waals surface area contributed by atoms with Gasteiger partial charge in [-0.2, -0.15) is 13.2 Å². The number of halogens is 3. The van der Waals surface area contributed by atoms with Crippen molar-refractivity contribution < 1.29 is 22.6 Å². The summed E-state index contributed by atoms with van der Waals surface area (Å²) >= 11 is 0. The molecule has 0 spiro atoms. The first-order valence-electron chi connectivity index (χ1n) is 16.7. The average Bonchev–Trinajstić information content (AvgIpc) is 3.00. The second-order valence-electron chi connectivity index (χ2n) is 13.6. The molecule has 0 fully saturated rings. The summed E-state index contributed by atoms with van der Waals surface area (Å²) < 4.78 is 52.1. The van der Waals surface area contributed by atoms with Gasteiger partial charge in [0.25, 0.3) is 0 Å². The van der Waals surface area contributed by atoms with Crippen molar-refractivity contribution in [2.75, 3.05) is 12.4 Å². The SMILES string of the molecule is C/C=C(\C=C(/C)C(C)C)C(C)C.COc1ccc(Oc2ccc(C(F)(F)F)cc2Nc2c(C(C)C)cc(C(C)C)cc2C(C)C)cc1. The van der Waals surface area contributed by atoms with Crippen molar-refractivity contribution in [3.63, 3.8) is 0 Å². The van der Waals surface area contributed by atoms with E-state index in [1.807, 2.05) is 0 Å². The van der Waals surface area contributed by atoms with Crippen LogP contribution in [-0.4, -0.2) is 7.11 Å². The van der Waals surface area contributed by atoms with E-state index in [0.717, 1.165) is 28.9 Å². The standard InChI is InChI=1S/C29H34F3NO2.C12H22/c1-17(2)20-14-24(18(3)4)28(25(15-20)19(5)6)33-26-16-21(29(30,31)32)8-13-27(26)35-23-11-9-22(34-7)10-12-23;1-7-12(10(4)5)8-11(6)9(2)3/h8-19,33H,1-7H3;7-10H,1-6H3/b;11-8+,12-7+. The molecule has 6 heteroatoms. The van der Waals surface area contributed by atoms with Crippen molar-refractivity contribution in [2.24, 2.45) is 11.8 Å². The van der Waals surface area contributed by atoms with Gasteiger partial charge < -0.3 is 14.8 Å². The molecule has 0 unspecified atom stereocenters. The van der Waals surface area contributed by atoms with Gasteiger partial charge in [-0.05, 0) is 108 Å². The number of allylic oxidation sites excluding steroid dienone is 4. The summed E-state index contributed by atoms with van der Waals surface area (Å²) in [6.45, 7) is 25.9. The van der Waals surface area contributed by atoms with Gasteiger partial charge in [-0.1, -0.05) is 99.1 Å². The predicted molar refractivity (Wildman–Crippen MR) is 194 cm³/mol. The maximum absolute atomic E-state index is 13.6. The first-order chi connectivity index (χ1) is 21.9. The van der Waals surface area contributed by atoms with Gasteiger partial charge in [-0.15, -0.1) is 0 Å². The minimum atomic E-state index is -4.47. The van der Waals surface area contributed by atoms with Gasteiger partial charge in [-0.25, -0.2) is 0 Å². The summed E-state index contributed by atoms with van der Waals surface area (Å²) in [6, 6.07) is 14.7. The molecule has 3 nitrogen and oxygen atoms in total. The third-order valence-corrected chi connectivity index (χ3v) is 8.29. The monoisotopic (exact) mass is 651 g/mol. The Morgan fingerprint density at radius 1 is 0.723 bits per heavy atom. The van der Waals surface area contributed by atoms with Crippen molar-refractivity contribution in [1.82, 2.24) is 0 Å². The Bertz CT molecular complexity index is 1470. The van der Waals surface area contributed by atoms with Crippen LogP contribution in [0.25, 0.3) is 0 Å². The Morgan fingerprint density at radius 3 is 1.66 bits per heavy atom. The minimum Gasteiger partial charge on any atom is -0.497 e. The van der Waals surface area contributed by atoms with Crippen LogP contribution in [-0.2, 0) is 6.18 Å². The molecule has 3 aromatic carbocycles. The van der Waals surface area contributed by atoms with E-state index in [-0.39, 0.29) is 17.5 Å². The smallest absolute Gasteiger partial charge is 0.416 e. The molecule has 0 aliphatic heterocycles. The van der Waals surface area contributed by atoms with Crippen molar-refractivity contribution in [3.05, 3.63) is 100 Å². The van der Waals surface area contributed by atoms with E-state index in [1.54, 1.807) is 31.4 Å². The summed E-state index contributed by atoms with van der Waals surface area (Å²) in [7, 11) is 1.57. The van der Waals surface area contributed by atoms with Crippen LogP contribution < -0.4 is 14.8 Å². The number of anilines is 2. The van der Waals surface area contributed by atoms with E-state index >= 15 is 0 Å². The predicted octanol–water partition coefficient (Wildman–Crippen LogP) is 13.8. The van der Waals surface area contributed by atoms with Crippen molar-refractivity contribution in [1.29, 1.82) is 0 Å². The Labute approximate surface area is 282 Å². The van der Waals surface area contributed by atoms with Crippen molar-refractivity contribution >= 4 is 11.4 Å². The number of nitrogens with one attached hydrogen (secondary N) is 1. The zero-order valence-corrected chi connectivity index (χ0v) is 30.7. The first-order valence-corrected chi connectivity index (χ1v) is 16.7. The molecule has 0 aromatic heterocycles. The molecule has 0 saturated heterocycles. The second kappa shape index (κ2) is 17.5. The lowest BCUT2D eigenvalue weighted by Gasteiger charge is -2.25. The number of alkyl halides is 3. The fraction of sp³-hybridized carbons (Fsp3) is 0.463. The Balaban J connectivity index is 0.000000544. The molecule has 0 saturated carbocycles. The van der Waals surface area contributed by atoms with Crippen LogP contribution in [0.1, 0.15) is 123 Å². The zero-order valence-electron chi connectivity index (χ0n) is 30.7. The normalized spacial score (nSPS) is 12.6. The van der Waals surface area contributed by atoms with Crippen LogP contribution in [0.2, 0.25) is 0 Å². The van der Waals surface area contributed by atoms with Crippen LogP contribution in [0.4, 0.5) is 24.5 Å². The van der Waals surface area contributed by atoms with E-state index in [0.29, 0.717) is 35.0 Å². The summed E-state index contributed by atoms with van der Waals surface area (Å²) in [6.07, 6.45) is 0.0458. The number of rotatable bonds is 11. The van der Waals surface area contributed by atoms with Gasteiger partial charge in [0.1, 0.15) is 11.5 Å². The third-order valence-electron chi connectivity index (χ3n) is 8.29. The molecule has 0 aliphatic carbocycles. The Kier molecular flexibility index (Phi) is 14.7. The molecular formula is C41H56F3NO2. The molecular weight excluding hydrogens is 595 g/mol. The lowest BCUT2D eigenvalue weighted by molar-refractivity contribution is -0.137. The van der Waals surface area contributed by atoms with Crippen LogP contribution in [0.5, 0.6) is 17.2 Å². The molecule has 0 atom stereocenters. The number of ether oxygens (including phenoxy) is 2. The van der Waals surface area contributed by atoms with Gasteiger partial charge in [0.15, 0.2) is 5.75 Å². The fourth-order valence-electron chi connectivity index (χ4n) is 4.91. The minimum absolute atomic E-state index is 0.172. The molecule has 0 heterocycles.